The first-order chi connectivity index (χ1) is 10.5. The minimum Gasteiger partial charge on any atom is -0.307 e. The monoisotopic (exact) mass is 345 g/mol. The van der Waals surface area contributed by atoms with Gasteiger partial charge in [0.25, 0.3) is 0 Å². The second kappa shape index (κ2) is 6.98. The van der Waals surface area contributed by atoms with Gasteiger partial charge in [-0.2, -0.15) is 0 Å². The molecule has 1 atom stereocenters. The summed E-state index contributed by atoms with van der Waals surface area (Å²) >= 11 is 0. The number of nitrogens with one attached hydrogen (secondary N) is 2. The van der Waals surface area contributed by atoms with Crippen molar-refractivity contribution in [2.24, 2.45) is 5.92 Å². The zero-order valence-electron chi connectivity index (χ0n) is 15.5. The predicted octanol–water partition coefficient (Wildman–Crippen LogP) is 1.95. The summed E-state index contributed by atoms with van der Waals surface area (Å²) in [4.78, 5) is 2.59. The van der Waals surface area contributed by atoms with E-state index >= 15 is 0 Å². The van der Waals surface area contributed by atoms with E-state index in [4.69, 9.17) is 0 Å². The van der Waals surface area contributed by atoms with Crippen molar-refractivity contribution in [1.82, 2.24) is 14.9 Å². The third-order valence-corrected chi connectivity index (χ3v) is 6.62. The molecule has 0 aromatic rings. The molecule has 0 radical (unpaired) electrons. The van der Waals surface area contributed by atoms with Gasteiger partial charge in [0.05, 0.1) is 5.75 Å². The van der Waals surface area contributed by atoms with Gasteiger partial charge in [0, 0.05) is 30.2 Å². The van der Waals surface area contributed by atoms with Crippen molar-refractivity contribution in [2.75, 3.05) is 25.4 Å². The Morgan fingerprint density at radius 3 is 2.35 bits per heavy atom. The van der Waals surface area contributed by atoms with Gasteiger partial charge in [-0.25, -0.2) is 13.1 Å². The van der Waals surface area contributed by atoms with Gasteiger partial charge in [0.15, 0.2) is 0 Å². The van der Waals surface area contributed by atoms with Crippen LogP contribution in [0.1, 0.15) is 60.3 Å². The molecule has 2 aliphatic heterocycles. The summed E-state index contributed by atoms with van der Waals surface area (Å²) in [6.07, 6.45) is 4.08. The van der Waals surface area contributed by atoms with E-state index in [0.717, 1.165) is 32.4 Å². The first-order valence-electron chi connectivity index (χ1n) is 9.03. The van der Waals surface area contributed by atoms with Crippen LogP contribution in [0.2, 0.25) is 0 Å². The molecule has 2 rings (SSSR count). The van der Waals surface area contributed by atoms with Crippen molar-refractivity contribution >= 4 is 10.0 Å². The average Bonchev–Trinajstić information content (AvgIpc) is 2.81. The lowest BCUT2D eigenvalue weighted by atomic mass is 9.79. The molecule has 0 amide bonds. The lowest BCUT2D eigenvalue weighted by Gasteiger charge is -2.49. The summed E-state index contributed by atoms with van der Waals surface area (Å²) < 4.78 is 26.4. The number of sulfonamides is 1. The molecule has 2 aliphatic rings. The molecule has 0 spiro atoms. The first kappa shape index (κ1) is 19.2. The molecule has 1 unspecified atom stereocenters. The quantitative estimate of drug-likeness (QED) is 0.772. The molecular weight excluding hydrogens is 310 g/mol. The van der Waals surface area contributed by atoms with Crippen LogP contribution in [0, 0.1) is 5.92 Å². The van der Waals surface area contributed by atoms with Crippen LogP contribution >= 0.6 is 0 Å². The van der Waals surface area contributed by atoms with Gasteiger partial charge in [-0.15, -0.1) is 0 Å². The van der Waals surface area contributed by atoms with Gasteiger partial charge < -0.3 is 5.32 Å². The highest BCUT2D eigenvalue weighted by atomic mass is 32.2. The van der Waals surface area contributed by atoms with Gasteiger partial charge >= 0.3 is 0 Å². The van der Waals surface area contributed by atoms with Gasteiger partial charge in [0.2, 0.25) is 10.0 Å². The van der Waals surface area contributed by atoms with Crippen LogP contribution in [0.3, 0.4) is 0 Å². The Balaban J connectivity index is 1.87. The lowest BCUT2D eigenvalue weighted by Crippen LogP contribution is -2.62. The van der Waals surface area contributed by atoms with Crippen LogP contribution in [-0.2, 0) is 10.0 Å². The lowest BCUT2D eigenvalue weighted by molar-refractivity contribution is 0.0785. The van der Waals surface area contributed by atoms with E-state index in [-0.39, 0.29) is 16.8 Å². The van der Waals surface area contributed by atoms with Crippen molar-refractivity contribution in [2.45, 2.75) is 77.4 Å². The number of hydrogen-bond acceptors (Lipinski definition) is 4. The molecule has 0 bridgehead atoms. The predicted molar refractivity (Wildman–Crippen MR) is 96.1 cm³/mol. The summed E-state index contributed by atoms with van der Waals surface area (Å²) in [5.74, 6) is 0.683. The molecule has 2 saturated heterocycles. The van der Waals surface area contributed by atoms with Crippen LogP contribution in [0.4, 0.5) is 0 Å². The van der Waals surface area contributed by atoms with Crippen LogP contribution in [0.15, 0.2) is 0 Å². The van der Waals surface area contributed by atoms with E-state index in [9.17, 15) is 8.42 Å². The number of piperidine rings is 1. The Morgan fingerprint density at radius 2 is 1.78 bits per heavy atom. The average molecular weight is 346 g/mol. The van der Waals surface area contributed by atoms with E-state index in [1.54, 1.807) is 0 Å². The Labute approximate surface area is 142 Å². The van der Waals surface area contributed by atoms with Crippen LogP contribution in [-0.4, -0.2) is 55.8 Å². The molecule has 136 valence electrons. The fourth-order valence-electron chi connectivity index (χ4n) is 4.47. The smallest absolute Gasteiger partial charge is 0.211 e. The maximum atomic E-state index is 11.8. The Morgan fingerprint density at radius 1 is 1.17 bits per heavy atom. The maximum absolute atomic E-state index is 11.8. The van der Waals surface area contributed by atoms with E-state index in [2.05, 4.69) is 42.6 Å². The molecule has 0 aliphatic carbocycles. The zero-order valence-corrected chi connectivity index (χ0v) is 16.3. The summed E-state index contributed by atoms with van der Waals surface area (Å²) in [5.41, 5.74) is 0.320. The largest absolute Gasteiger partial charge is 0.307 e. The fraction of sp³-hybridized carbons (Fsp3) is 1.00. The third-order valence-electron chi connectivity index (χ3n) is 5.07. The highest BCUT2D eigenvalue weighted by molar-refractivity contribution is 7.89. The SMILES string of the molecule is CCCS(=O)(=O)NCC1CCN(C2CC(C)(C)NC(C)(C)C2)C1. The standard InChI is InChI=1S/C17H35N3O2S/c1-6-9-23(21,22)18-12-14-7-8-20(13-14)15-10-16(2,3)19-17(4,5)11-15/h14-15,18-19H,6-13H2,1-5H3. The highest BCUT2D eigenvalue weighted by Gasteiger charge is 2.41. The molecule has 2 heterocycles. The molecule has 0 saturated carbocycles. The normalized spacial score (nSPS) is 29.0. The second-order valence-corrected chi connectivity index (χ2v) is 10.7. The molecule has 5 nitrogen and oxygen atoms in total. The van der Waals surface area contributed by atoms with Crippen LogP contribution in [0.5, 0.6) is 0 Å². The molecule has 23 heavy (non-hydrogen) atoms. The Bertz CT molecular complexity index is 486. The van der Waals surface area contributed by atoms with E-state index in [1.165, 1.54) is 0 Å². The molecule has 0 aromatic carbocycles. The van der Waals surface area contributed by atoms with E-state index in [0.29, 0.717) is 24.9 Å². The number of likely N-dealkylation sites (tertiary alicyclic amines) is 1. The number of nitrogens with zero attached hydrogens (tertiary/aromatic N) is 1. The summed E-state index contributed by atoms with van der Waals surface area (Å²) in [5, 5.41) is 3.74. The fourth-order valence-corrected chi connectivity index (χ4v) is 5.64. The van der Waals surface area contributed by atoms with Gasteiger partial charge in [-0.1, -0.05) is 6.92 Å². The third kappa shape index (κ3) is 5.69. The molecule has 0 aromatic heterocycles. The molecule has 2 N–H and O–H groups in total. The van der Waals surface area contributed by atoms with Gasteiger partial charge in [0.1, 0.15) is 0 Å². The van der Waals surface area contributed by atoms with Crippen LogP contribution < -0.4 is 10.0 Å². The van der Waals surface area contributed by atoms with E-state index in [1.807, 2.05) is 6.92 Å². The molecule has 6 heteroatoms. The number of rotatable bonds is 6. The minimum absolute atomic E-state index is 0.160. The second-order valence-electron chi connectivity index (χ2n) is 8.77. The minimum atomic E-state index is -3.08. The number of hydrogen-bond donors (Lipinski definition) is 2. The van der Waals surface area contributed by atoms with E-state index < -0.39 is 10.0 Å². The molecule has 2 fully saturated rings. The van der Waals surface area contributed by atoms with Crippen molar-refractivity contribution in [3.8, 4) is 0 Å². The van der Waals surface area contributed by atoms with Crippen molar-refractivity contribution in [3.63, 3.8) is 0 Å². The van der Waals surface area contributed by atoms with Gasteiger partial charge in [-0.05, 0) is 65.8 Å². The van der Waals surface area contributed by atoms with Crippen LogP contribution in [0.25, 0.3) is 0 Å². The highest BCUT2D eigenvalue weighted by Crippen LogP contribution is 2.33. The Hall–Kier alpha value is -0.170. The van der Waals surface area contributed by atoms with Crippen molar-refractivity contribution in [3.05, 3.63) is 0 Å². The zero-order chi connectivity index (χ0) is 17.3. The first-order valence-corrected chi connectivity index (χ1v) is 10.7. The maximum Gasteiger partial charge on any atom is 0.211 e. The topological polar surface area (TPSA) is 61.4 Å². The summed E-state index contributed by atoms with van der Waals surface area (Å²) in [7, 11) is -3.08. The van der Waals surface area contributed by atoms with Gasteiger partial charge in [-0.3, -0.25) is 4.90 Å². The Kier molecular flexibility index (Phi) is 5.82. The summed E-state index contributed by atoms with van der Waals surface area (Å²) in [6, 6.07) is 0.596. The summed E-state index contributed by atoms with van der Waals surface area (Å²) in [6.45, 7) is 13.7. The van der Waals surface area contributed by atoms with Crippen molar-refractivity contribution in [1.29, 1.82) is 0 Å². The van der Waals surface area contributed by atoms with Crippen molar-refractivity contribution < 1.29 is 8.42 Å². The molecular formula is C17H35N3O2S.